The number of nitrogens with one attached hydrogen (secondary N) is 1. The van der Waals surface area contributed by atoms with Gasteiger partial charge in [-0.3, -0.25) is 4.79 Å². The average molecular weight is 460 g/mol. The molecule has 0 saturated carbocycles. The second-order valence-electron chi connectivity index (χ2n) is 5.44. The van der Waals surface area contributed by atoms with Crippen LogP contribution in [0.15, 0.2) is 65.8 Å². The Labute approximate surface area is 165 Å². The lowest BCUT2D eigenvalue weighted by molar-refractivity contribution is -0.123. The summed E-state index contributed by atoms with van der Waals surface area (Å²) in [6, 6.07) is 19.3. The number of hydrogen-bond acceptors (Lipinski definition) is 4. The smallest absolute Gasteiger partial charge is 0.277 e. The predicted octanol–water partition coefficient (Wildman–Crippen LogP) is 3.98. The summed E-state index contributed by atoms with van der Waals surface area (Å²) in [6.07, 6.45) is 1.59. The maximum Gasteiger partial charge on any atom is 0.277 e. The van der Waals surface area contributed by atoms with Crippen LogP contribution in [0.3, 0.4) is 0 Å². The fourth-order valence-electron chi connectivity index (χ4n) is 2.47. The van der Waals surface area contributed by atoms with Crippen LogP contribution >= 0.6 is 22.6 Å². The largest absolute Gasteiger partial charge is 0.496 e. The second-order valence-corrected chi connectivity index (χ2v) is 6.68. The lowest BCUT2D eigenvalue weighted by Crippen LogP contribution is -2.24. The minimum absolute atomic E-state index is 0.107. The molecule has 0 aromatic heterocycles. The maximum absolute atomic E-state index is 11.9. The number of methoxy groups -OCH3 is 1. The first-order valence-corrected chi connectivity index (χ1v) is 9.01. The number of hydrazone groups is 1. The molecule has 26 heavy (non-hydrogen) atoms. The molecule has 0 unspecified atom stereocenters. The standard InChI is InChI=1S/C20H17IN2O3/c1-25-19-11-6-14-4-2-3-5-17(14)18(19)12-22-23-20(24)13-26-16-9-7-15(21)8-10-16/h2-12H,13H2,1H3,(H,23,24)/b22-12+. The summed E-state index contributed by atoms with van der Waals surface area (Å²) in [5.74, 6) is 0.996. The summed E-state index contributed by atoms with van der Waals surface area (Å²) in [6.45, 7) is -0.107. The third-order valence-electron chi connectivity index (χ3n) is 3.72. The fraction of sp³-hybridized carbons (Fsp3) is 0.100. The number of nitrogens with zero attached hydrogens (tertiary/aromatic N) is 1. The van der Waals surface area contributed by atoms with Crippen LogP contribution in [0, 0.1) is 3.57 Å². The van der Waals surface area contributed by atoms with Crippen molar-refractivity contribution >= 4 is 45.5 Å². The van der Waals surface area contributed by atoms with Crippen LogP contribution in [0.2, 0.25) is 0 Å². The molecular weight excluding hydrogens is 443 g/mol. The molecule has 6 heteroatoms. The molecule has 132 valence electrons. The second kappa shape index (κ2) is 8.66. The van der Waals surface area contributed by atoms with Gasteiger partial charge in [-0.25, -0.2) is 5.43 Å². The third kappa shape index (κ3) is 4.51. The van der Waals surface area contributed by atoms with Gasteiger partial charge in [0, 0.05) is 9.13 Å². The van der Waals surface area contributed by atoms with Gasteiger partial charge >= 0.3 is 0 Å². The van der Waals surface area contributed by atoms with Crippen molar-refractivity contribution in [3.05, 3.63) is 69.8 Å². The normalized spacial score (nSPS) is 10.8. The van der Waals surface area contributed by atoms with Crippen LogP contribution in [0.25, 0.3) is 10.8 Å². The topological polar surface area (TPSA) is 59.9 Å². The van der Waals surface area contributed by atoms with Gasteiger partial charge < -0.3 is 9.47 Å². The number of fused-ring (bicyclic) bond motifs is 1. The Bertz CT molecular complexity index is 939. The van der Waals surface area contributed by atoms with E-state index < -0.39 is 0 Å². The Morgan fingerprint density at radius 1 is 1.12 bits per heavy atom. The zero-order valence-corrected chi connectivity index (χ0v) is 16.3. The molecule has 3 aromatic carbocycles. The molecular formula is C20H17IN2O3. The minimum Gasteiger partial charge on any atom is -0.496 e. The maximum atomic E-state index is 11.9. The van der Waals surface area contributed by atoms with Crippen molar-refractivity contribution in [2.75, 3.05) is 13.7 Å². The van der Waals surface area contributed by atoms with Crippen molar-refractivity contribution in [2.24, 2.45) is 5.10 Å². The first-order valence-electron chi connectivity index (χ1n) is 7.93. The van der Waals surface area contributed by atoms with Crippen LogP contribution in [0.5, 0.6) is 11.5 Å². The fourth-order valence-corrected chi connectivity index (χ4v) is 2.83. The van der Waals surface area contributed by atoms with Gasteiger partial charge in [0.2, 0.25) is 0 Å². The quantitative estimate of drug-likeness (QED) is 0.344. The van der Waals surface area contributed by atoms with E-state index in [4.69, 9.17) is 9.47 Å². The molecule has 0 saturated heterocycles. The van der Waals surface area contributed by atoms with Crippen LogP contribution in [0.4, 0.5) is 0 Å². The van der Waals surface area contributed by atoms with E-state index in [0.717, 1.165) is 19.9 Å². The van der Waals surface area contributed by atoms with E-state index >= 15 is 0 Å². The molecule has 0 spiro atoms. The first kappa shape index (κ1) is 18.2. The number of hydrogen-bond donors (Lipinski definition) is 1. The highest BCUT2D eigenvalue weighted by atomic mass is 127. The van der Waals surface area contributed by atoms with E-state index in [0.29, 0.717) is 11.5 Å². The SMILES string of the molecule is COc1ccc2ccccc2c1/C=N/NC(=O)COc1ccc(I)cc1. The number of rotatable bonds is 6. The van der Waals surface area contributed by atoms with Gasteiger partial charge in [0.15, 0.2) is 6.61 Å². The average Bonchev–Trinajstić information content (AvgIpc) is 2.67. The van der Waals surface area contributed by atoms with Gasteiger partial charge in [0.1, 0.15) is 11.5 Å². The highest BCUT2D eigenvalue weighted by Crippen LogP contribution is 2.26. The molecule has 5 nitrogen and oxygen atoms in total. The number of amides is 1. The van der Waals surface area contributed by atoms with Crippen molar-refractivity contribution in [3.63, 3.8) is 0 Å². The summed E-state index contributed by atoms with van der Waals surface area (Å²) in [5.41, 5.74) is 3.29. The van der Waals surface area contributed by atoms with Crippen LogP contribution < -0.4 is 14.9 Å². The van der Waals surface area contributed by atoms with Gasteiger partial charge in [-0.2, -0.15) is 5.10 Å². The molecule has 0 atom stereocenters. The van der Waals surface area contributed by atoms with Crippen molar-refractivity contribution < 1.29 is 14.3 Å². The minimum atomic E-state index is -0.334. The zero-order chi connectivity index (χ0) is 18.4. The molecule has 3 aromatic rings. The van der Waals surface area contributed by atoms with Gasteiger partial charge in [-0.15, -0.1) is 0 Å². The van der Waals surface area contributed by atoms with Gasteiger partial charge in [-0.05, 0) is 63.7 Å². The highest BCUT2D eigenvalue weighted by Gasteiger charge is 2.06. The van der Waals surface area contributed by atoms with E-state index in [1.165, 1.54) is 0 Å². The highest BCUT2D eigenvalue weighted by molar-refractivity contribution is 14.1. The molecule has 1 N–H and O–H groups in total. The Morgan fingerprint density at radius 3 is 2.65 bits per heavy atom. The molecule has 0 bridgehead atoms. The van der Waals surface area contributed by atoms with E-state index in [1.54, 1.807) is 13.3 Å². The van der Waals surface area contributed by atoms with Crippen LogP contribution in [-0.2, 0) is 4.79 Å². The van der Waals surface area contributed by atoms with Crippen molar-refractivity contribution in [1.82, 2.24) is 5.43 Å². The molecule has 0 aliphatic carbocycles. The van der Waals surface area contributed by atoms with E-state index in [9.17, 15) is 4.79 Å². The number of carbonyl (C=O) groups is 1. The predicted molar refractivity (Wildman–Crippen MR) is 111 cm³/mol. The summed E-state index contributed by atoms with van der Waals surface area (Å²) in [4.78, 5) is 11.9. The monoisotopic (exact) mass is 460 g/mol. The molecule has 1 amide bonds. The zero-order valence-electron chi connectivity index (χ0n) is 14.1. The Hall–Kier alpha value is -2.61. The Balaban J connectivity index is 1.65. The van der Waals surface area contributed by atoms with Gasteiger partial charge in [0.05, 0.1) is 13.3 Å². The molecule has 0 aliphatic heterocycles. The molecule has 3 rings (SSSR count). The number of carbonyl (C=O) groups excluding carboxylic acids is 1. The van der Waals surface area contributed by atoms with Crippen molar-refractivity contribution in [1.29, 1.82) is 0 Å². The lowest BCUT2D eigenvalue weighted by atomic mass is 10.0. The number of halogens is 1. The Kier molecular flexibility index (Phi) is 6.06. The molecule has 0 fully saturated rings. The lowest BCUT2D eigenvalue weighted by Gasteiger charge is -2.08. The summed E-state index contributed by atoms with van der Waals surface area (Å²) in [5, 5.41) is 6.11. The Morgan fingerprint density at radius 2 is 1.88 bits per heavy atom. The summed E-state index contributed by atoms with van der Waals surface area (Å²) < 4.78 is 11.9. The molecule has 0 radical (unpaired) electrons. The van der Waals surface area contributed by atoms with Crippen LogP contribution in [-0.4, -0.2) is 25.8 Å². The van der Waals surface area contributed by atoms with E-state index in [-0.39, 0.29) is 12.5 Å². The molecule has 0 aliphatic rings. The van der Waals surface area contributed by atoms with Crippen molar-refractivity contribution in [3.8, 4) is 11.5 Å². The van der Waals surface area contributed by atoms with Crippen molar-refractivity contribution in [2.45, 2.75) is 0 Å². The first-order chi connectivity index (χ1) is 12.7. The van der Waals surface area contributed by atoms with E-state index in [1.807, 2.05) is 60.7 Å². The molecule has 0 heterocycles. The van der Waals surface area contributed by atoms with Gasteiger partial charge in [0.25, 0.3) is 5.91 Å². The number of benzene rings is 3. The third-order valence-corrected chi connectivity index (χ3v) is 4.44. The summed E-state index contributed by atoms with van der Waals surface area (Å²) >= 11 is 2.21. The van der Waals surface area contributed by atoms with E-state index in [2.05, 4.69) is 33.1 Å². The van der Waals surface area contributed by atoms with Crippen LogP contribution in [0.1, 0.15) is 5.56 Å². The summed E-state index contributed by atoms with van der Waals surface area (Å²) in [7, 11) is 1.61. The number of ether oxygens (including phenoxy) is 2. The van der Waals surface area contributed by atoms with Gasteiger partial charge in [-0.1, -0.05) is 30.3 Å².